The molecule has 2 unspecified atom stereocenters. The average Bonchev–Trinajstić information content (AvgIpc) is 2.98. The molecule has 0 aliphatic heterocycles. The zero-order chi connectivity index (χ0) is 17.6. The molecule has 25 heavy (non-hydrogen) atoms. The fourth-order valence-electron chi connectivity index (χ4n) is 3.74. The summed E-state index contributed by atoms with van der Waals surface area (Å²) in [4.78, 5) is 0. The van der Waals surface area contributed by atoms with Gasteiger partial charge in [0.15, 0.2) is 11.5 Å². The second kappa shape index (κ2) is 6.05. The maximum atomic E-state index is 14.7. The highest BCUT2D eigenvalue weighted by Crippen LogP contribution is 2.40. The lowest BCUT2D eigenvalue weighted by atomic mass is 9.86. The Balaban J connectivity index is 1.64. The van der Waals surface area contributed by atoms with E-state index in [1.54, 1.807) is 12.1 Å². The summed E-state index contributed by atoms with van der Waals surface area (Å²) >= 11 is 0. The van der Waals surface area contributed by atoms with E-state index in [0.29, 0.717) is 23.1 Å². The van der Waals surface area contributed by atoms with E-state index in [1.165, 1.54) is 18.2 Å². The van der Waals surface area contributed by atoms with Gasteiger partial charge in [-0.25, -0.2) is 4.39 Å². The molecule has 0 bridgehead atoms. The summed E-state index contributed by atoms with van der Waals surface area (Å²) in [5.74, 6) is -0.735. The monoisotopic (exact) mass is 338 g/mol. The van der Waals surface area contributed by atoms with E-state index in [-0.39, 0.29) is 29.3 Å². The summed E-state index contributed by atoms with van der Waals surface area (Å²) in [5.41, 5.74) is 4.07. The maximum Gasteiger partial charge on any atom is 0.158 e. The molecule has 0 spiro atoms. The highest BCUT2D eigenvalue weighted by Gasteiger charge is 2.28. The average molecular weight is 338 g/mol. The Morgan fingerprint density at radius 2 is 1.72 bits per heavy atom. The Bertz CT molecular complexity index is 898. The minimum absolute atomic E-state index is 0.0219. The van der Waals surface area contributed by atoms with Gasteiger partial charge in [0.25, 0.3) is 0 Å². The molecule has 0 aromatic heterocycles. The van der Waals surface area contributed by atoms with Crippen molar-refractivity contribution in [3.8, 4) is 22.6 Å². The second-order valence-electron chi connectivity index (χ2n) is 6.69. The molecule has 1 fully saturated rings. The van der Waals surface area contributed by atoms with E-state index in [4.69, 9.17) is 0 Å². The van der Waals surface area contributed by atoms with Crippen molar-refractivity contribution < 1.29 is 19.7 Å². The van der Waals surface area contributed by atoms with Crippen LogP contribution in [-0.2, 0) is 0 Å². The van der Waals surface area contributed by atoms with Gasteiger partial charge in [-0.3, -0.25) is 0 Å². The van der Waals surface area contributed by atoms with Crippen molar-refractivity contribution in [3.63, 3.8) is 0 Å². The Kier molecular flexibility index (Phi) is 3.85. The molecule has 2 aromatic carbocycles. The largest absolute Gasteiger partial charge is 0.504 e. The molecule has 4 heteroatoms. The normalized spacial score (nSPS) is 22.3. The highest BCUT2D eigenvalue weighted by molar-refractivity contribution is 5.67. The highest BCUT2D eigenvalue weighted by atomic mass is 19.1. The van der Waals surface area contributed by atoms with Crippen molar-refractivity contribution in [1.29, 1.82) is 0 Å². The van der Waals surface area contributed by atoms with Crippen LogP contribution in [-0.4, -0.2) is 21.4 Å². The van der Waals surface area contributed by atoms with Crippen LogP contribution in [0.2, 0.25) is 0 Å². The molecule has 2 aliphatic carbocycles. The van der Waals surface area contributed by atoms with Gasteiger partial charge in [0, 0.05) is 5.92 Å². The molecule has 0 radical (unpaired) electrons. The number of aliphatic hydroxyl groups is 1. The number of benzene rings is 2. The lowest BCUT2D eigenvalue weighted by molar-refractivity contribution is 0.218. The summed E-state index contributed by atoms with van der Waals surface area (Å²) in [6, 6.07) is 9.51. The van der Waals surface area contributed by atoms with Crippen LogP contribution in [0.1, 0.15) is 30.7 Å². The smallest absolute Gasteiger partial charge is 0.158 e. The van der Waals surface area contributed by atoms with Crippen LogP contribution in [0.5, 0.6) is 11.5 Å². The number of aliphatic hydroxyl groups excluding tert-OH is 1. The summed E-state index contributed by atoms with van der Waals surface area (Å²) in [7, 11) is 0. The fraction of sp³-hybridized carbons (Fsp3) is 0.238. The van der Waals surface area contributed by atoms with Crippen LogP contribution in [0.3, 0.4) is 0 Å². The number of phenols is 2. The molecule has 4 rings (SSSR count). The molecular weight excluding hydrogens is 319 g/mol. The number of rotatable bonds is 2. The molecule has 2 atom stereocenters. The Morgan fingerprint density at radius 3 is 2.48 bits per heavy atom. The molecule has 1 saturated carbocycles. The number of hydrogen-bond acceptors (Lipinski definition) is 3. The number of fused-ring (bicyclic) bond motifs is 1. The van der Waals surface area contributed by atoms with E-state index >= 15 is 0 Å². The Hall–Kier alpha value is -2.59. The van der Waals surface area contributed by atoms with Gasteiger partial charge in [-0.05, 0) is 65.3 Å². The van der Waals surface area contributed by atoms with Crippen LogP contribution in [0.15, 0.2) is 59.7 Å². The van der Waals surface area contributed by atoms with Crippen molar-refractivity contribution in [3.05, 3.63) is 71.1 Å². The first-order chi connectivity index (χ1) is 12.0. The van der Waals surface area contributed by atoms with E-state index in [2.05, 4.69) is 6.08 Å². The van der Waals surface area contributed by atoms with Gasteiger partial charge < -0.3 is 15.3 Å². The van der Waals surface area contributed by atoms with Gasteiger partial charge in [0.05, 0.1) is 6.10 Å². The predicted molar refractivity (Wildman–Crippen MR) is 93.9 cm³/mol. The van der Waals surface area contributed by atoms with E-state index in [0.717, 1.165) is 24.0 Å². The third kappa shape index (κ3) is 2.83. The topological polar surface area (TPSA) is 60.7 Å². The van der Waals surface area contributed by atoms with Gasteiger partial charge in [-0.15, -0.1) is 0 Å². The zero-order valence-corrected chi connectivity index (χ0v) is 13.6. The van der Waals surface area contributed by atoms with Gasteiger partial charge in [-0.1, -0.05) is 30.4 Å². The zero-order valence-electron chi connectivity index (χ0n) is 13.6. The molecule has 2 aromatic rings. The van der Waals surface area contributed by atoms with Gasteiger partial charge >= 0.3 is 0 Å². The lowest BCUT2D eigenvalue weighted by Crippen LogP contribution is -2.08. The SMILES string of the molecule is Oc1ccc(-c2ccc(C3C=C4CCC(O)C4=CC3)c(F)c2)cc1O. The first kappa shape index (κ1) is 15.9. The third-order valence-corrected chi connectivity index (χ3v) is 5.12. The van der Waals surface area contributed by atoms with E-state index < -0.39 is 0 Å². The summed E-state index contributed by atoms with van der Waals surface area (Å²) < 4.78 is 14.7. The second-order valence-corrected chi connectivity index (χ2v) is 6.69. The van der Waals surface area contributed by atoms with E-state index in [9.17, 15) is 19.7 Å². The van der Waals surface area contributed by atoms with Crippen molar-refractivity contribution >= 4 is 0 Å². The van der Waals surface area contributed by atoms with Crippen LogP contribution in [0.4, 0.5) is 4.39 Å². The van der Waals surface area contributed by atoms with Crippen molar-refractivity contribution in [2.75, 3.05) is 0 Å². The standard InChI is InChI=1S/C21H19FO3/c22-18-10-12(13-3-8-20(24)21(25)11-13)1-5-16(18)14-2-6-17-15(9-14)4-7-19(17)23/h1,3,5-6,8-11,14,19,23-25H,2,4,7H2. The molecule has 3 N–H and O–H groups in total. The minimum Gasteiger partial charge on any atom is -0.504 e. The first-order valence-corrected chi connectivity index (χ1v) is 8.44. The lowest BCUT2D eigenvalue weighted by Gasteiger charge is -2.20. The molecule has 128 valence electrons. The predicted octanol–water partition coefficient (Wildman–Crippen LogP) is 4.40. The molecule has 0 heterocycles. The molecular formula is C21H19FO3. The van der Waals surface area contributed by atoms with Gasteiger partial charge in [0.1, 0.15) is 5.82 Å². The quantitative estimate of drug-likeness (QED) is 0.711. The van der Waals surface area contributed by atoms with Crippen LogP contribution >= 0.6 is 0 Å². The van der Waals surface area contributed by atoms with Crippen molar-refractivity contribution in [2.45, 2.75) is 31.3 Å². The maximum absolute atomic E-state index is 14.7. The molecule has 0 saturated heterocycles. The number of allylic oxidation sites excluding steroid dienone is 2. The number of phenolic OH excluding ortho intramolecular Hbond substituents is 2. The summed E-state index contributed by atoms with van der Waals surface area (Å²) in [6.07, 6.45) is 6.01. The third-order valence-electron chi connectivity index (χ3n) is 5.12. The van der Waals surface area contributed by atoms with Crippen LogP contribution in [0.25, 0.3) is 11.1 Å². The fourth-order valence-corrected chi connectivity index (χ4v) is 3.74. The van der Waals surface area contributed by atoms with Crippen LogP contribution < -0.4 is 0 Å². The summed E-state index contributed by atoms with van der Waals surface area (Å²) in [6.45, 7) is 0. The Morgan fingerprint density at radius 1 is 0.960 bits per heavy atom. The van der Waals surface area contributed by atoms with Gasteiger partial charge in [-0.2, -0.15) is 0 Å². The number of halogens is 1. The first-order valence-electron chi connectivity index (χ1n) is 8.44. The molecule has 2 aliphatic rings. The molecule has 0 amide bonds. The number of aromatic hydroxyl groups is 2. The van der Waals surface area contributed by atoms with Gasteiger partial charge in [0.2, 0.25) is 0 Å². The van der Waals surface area contributed by atoms with E-state index in [1.807, 2.05) is 12.1 Å². The van der Waals surface area contributed by atoms with Crippen LogP contribution in [0, 0.1) is 5.82 Å². The Labute approximate surface area is 145 Å². The molecule has 3 nitrogen and oxygen atoms in total. The van der Waals surface area contributed by atoms with Crippen molar-refractivity contribution in [2.24, 2.45) is 0 Å². The number of hydrogen-bond donors (Lipinski definition) is 3. The summed E-state index contributed by atoms with van der Waals surface area (Å²) in [5, 5.41) is 28.9. The minimum atomic E-state index is -0.374. The van der Waals surface area contributed by atoms with Crippen molar-refractivity contribution in [1.82, 2.24) is 0 Å².